The summed E-state index contributed by atoms with van der Waals surface area (Å²) >= 11 is 7.34. The maximum absolute atomic E-state index is 12.3. The molecule has 3 rings (SSSR count). The van der Waals surface area contributed by atoms with Gasteiger partial charge < -0.3 is 10.6 Å². The van der Waals surface area contributed by atoms with Crippen molar-refractivity contribution in [3.8, 4) is 10.4 Å². The quantitative estimate of drug-likeness (QED) is 0.754. The minimum absolute atomic E-state index is 0.0187. The van der Waals surface area contributed by atoms with Gasteiger partial charge in [0, 0.05) is 28.9 Å². The van der Waals surface area contributed by atoms with E-state index >= 15 is 0 Å². The van der Waals surface area contributed by atoms with Crippen molar-refractivity contribution in [3.05, 3.63) is 46.3 Å². The van der Waals surface area contributed by atoms with Crippen LogP contribution in [0.2, 0.25) is 5.02 Å². The van der Waals surface area contributed by atoms with E-state index in [2.05, 4.69) is 10.6 Å². The molecule has 138 valence electrons. The van der Waals surface area contributed by atoms with Crippen molar-refractivity contribution in [1.29, 1.82) is 0 Å². The Labute approximate surface area is 162 Å². The number of halogens is 1. The van der Waals surface area contributed by atoms with Gasteiger partial charge in [0.15, 0.2) is 0 Å². The zero-order chi connectivity index (χ0) is 18.4. The minimum Gasteiger partial charge on any atom is -0.353 e. The van der Waals surface area contributed by atoms with E-state index in [1.165, 1.54) is 30.6 Å². The third kappa shape index (κ3) is 5.32. The predicted octanol–water partition coefficient (Wildman–Crippen LogP) is 4.64. The lowest BCUT2D eigenvalue weighted by molar-refractivity contribution is -0.121. The largest absolute Gasteiger partial charge is 0.353 e. The highest BCUT2D eigenvalue weighted by molar-refractivity contribution is 7.17. The van der Waals surface area contributed by atoms with E-state index in [0.29, 0.717) is 28.9 Å². The SMILES string of the molecule is O=C(CCNC(=O)c1ccc(-c2ccc(Cl)cc2)s1)NC1CCCCC1. The maximum atomic E-state index is 12.3. The highest BCUT2D eigenvalue weighted by atomic mass is 35.5. The van der Waals surface area contributed by atoms with E-state index in [1.54, 1.807) is 0 Å². The van der Waals surface area contributed by atoms with Gasteiger partial charge in [-0.15, -0.1) is 11.3 Å². The Kier molecular flexibility index (Phi) is 6.69. The van der Waals surface area contributed by atoms with Gasteiger partial charge in [-0.2, -0.15) is 0 Å². The first-order valence-corrected chi connectivity index (χ1v) is 10.2. The lowest BCUT2D eigenvalue weighted by atomic mass is 9.95. The summed E-state index contributed by atoms with van der Waals surface area (Å²) in [4.78, 5) is 25.9. The van der Waals surface area contributed by atoms with E-state index < -0.39 is 0 Å². The summed E-state index contributed by atoms with van der Waals surface area (Å²) in [5.74, 6) is -0.120. The van der Waals surface area contributed by atoms with Crippen molar-refractivity contribution in [3.63, 3.8) is 0 Å². The van der Waals surface area contributed by atoms with Crippen molar-refractivity contribution in [1.82, 2.24) is 10.6 Å². The first-order chi connectivity index (χ1) is 12.6. The zero-order valence-electron chi connectivity index (χ0n) is 14.6. The maximum Gasteiger partial charge on any atom is 0.261 e. The van der Waals surface area contributed by atoms with Gasteiger partial charge in [0.2, 0.25) is 5.91 Å². The van der Waals surface area contributed by atoms with Crippen LogP contribution >= 0.6 is 22.9 Å². The third-order valence-electron chi connectivity index (χ3n) is 4.57. The molecular weight excluding hydrogens is 368 g/mol. The molecule has 0 spiro atoms. The smallest absolute Gasteiger partial charge is 0.261 e. The lowest BCUT2D eigenvalue weighted by Crippen LogP contribution is -2.38. The van der Waals surface area contributed by atoms with Crippen LogP contribution in [0.4, 0.5) is 0 Å². The molecule has 2 amide bonds. The predicted molar refractivity (Wildman–Crippen MR) is 107 cm³/mol. The average Bonchev–Trinajstić information content (AvgIpc) is 3.13. The van der Waals surface area contributed by atoms with Crippen molar-refractivity contribution < 1.29 is 9.59 Å². The minimum atomic E-state index is -0.138. The molecule has 4 nitrogen and oxygen atoms in total. The van der Waals surface area contributed by atoms with Gasteiger partial charge in [-0.05, 0) is 42.7 Å². The molecule has 2 aromatic rings. The highest BCUT2D eigenvalue weighted by Crippen LogP contribution is 2.29. The van der Waals surface area contributed by atoms with Gasteiger partial charge in [0.25, 0.3) is 5.91 Å². The Morgan fingerprint density at radius 2 is 1.77 bits per heavy atom. The number of carbonyl (C=O) groups is 2. The molecule has 1 aromatic carbocycles. The Balaban J connectivity index is 1.45. The molecule has 1 saturated carbocycles. The summed E-state index contributed by atoms with van der Waals surface area (Å²) in [6.45, 7) is 0.353. The fourth-order valence-electron chi connectivity index (χ4n) is 3.15. The Morgan fingerprint density at radius 3 is 2.50 bits per heavy atom. The van der Waals surface area contributed by atoms with E-state index in [-0.39, 0.29) is 11.8 Å². The molecule has 0 saturated heterocycles. The number of hydrogen-bond acceptors (Lipinski definition) is 3. The number of amides is 2. The molecule has 0 unspecified atom stereocenters. The van der Waals surface area contributed by atoms with Gasteiger partial charge in [0.05, 0.1) is 4.88 Å². The molecule has 1 fully saturated rings. The lowest BCUT2D eigenvalue weighted by Gasteiger charge is -2.22. The number of benzene rings is 1. The number of carbonyl (C=O) groups excluding carboxylic acids is 2. The first kappa shape index (κ1) is 18.9. The Hall–Kier alpha value is -1.85. The second-order valence-electron chi connectivity index (χ2n) is 6.58. The fraction of sp³-hybridized carbons (Fsp3) is 0.400. The summed E-state index contributed by atoms with van der Waals surface area (Å²) in [7, 11) is 0. The number of thiophene rings is 1. The normalized spacial score (nSPS) is 14.8. The van der Waals surface area contributed by atoms with Crippen LogP contribution in [-0.2, 0) is 4.79 Å². The first-order valence-electron chi connectivity index (χ1n) is 9.05. The second-order valence-corrected chi connectivity index (χ2v) is 8.10. The Bertz CT molecular complexity index is 751. The van der Waals surface area contributed by atoms with Gasteiger partial charge in [-0.3, -0.25) is 9.59 Å². The molecule has 0 atom stereocenters. The van der Waals surface area contributed by atoms with Gasteiger partial charge in [0.1, 0.15) is 0 Å². The molecule has 0 bridgehead atoms. The topological polar surface area (TPSA) is 58.2 Å². The van der Waals surface area contributed by atoms with E-state index in [4.69, 9.17) is 11.6 Å². The average molecular weight is 391 g/mol. The number of rotatable bonds is 6. The summed E-state index contributed by atoms with van der Waals surface area (Å²) < 4.78 is 0. The zero-order valence-corrected chi connectivity index (χ0v) is 16.2. The van der Waals surface area contributed by atoms with Crippen LogP contribution in [0.15, 0.2) is 36.4 Å². The van der Waals surface area contributed by atoms with Crippen LogP contribution in [0.5, 0.6) is 0 Å². The monoisotopic (exact) mass is 390 g/mol. The second kappa shape index (κ2) is 9.19. The summed E-state index contributed by atoms with van der Waals surface area (Å²) in [6.07, 6.45) is 6.10. The van der Waals surface area contributed by atoms with E-state index in [9.17, 15) is 9.59 Å². The number of nitrogens with one attached hydrogen (secondary N) is 2. The molecule has 1 heterocycles. The third-order valence-corrected chi connectivity index (χ3v) is 5.95. The molecule has 2 N–H and O–H groups in total. The molecule has 1 aromatic heterocycles. The molecule has 0 aliphatic heterocycles. The van der Waals surface area contributed by atoms with Crippen molar-refractivity contribution in [2.45, 2.75) is 44.6 Å². The van der Waals surface area contributed by atoms with Gasteiger partial charge in [-0.25, -0.2) is 0 Å². The summed E-state index contributed by atoms with van der Waals surface area (Å²) in [5.41, 5.74) is 1.03. The number of hydrogen-bond donors (Lipinski definition) is 2. The standard InChI is InChI=1S/C20H23ClN2O2S/c21-15-8-6-14(7-9-15)17-10-11-18(26-17)20(25)22-13-12-19(24)23-16-4-2-1-3-5-16/h6-11,16H,1-5,12-13H2,(H,22,25)(H,23,24). The van der Waals surface area contributed by atoms with Crippen LogP contribution in [0, 0.1) is 0 Å². The molecule has 1 aliphatic rings. The van der Waals surface area contributed by atoms with Crippen LogP contribution in [0.1, 0.15) is 48.2 Å². The van der Waals surface area contributed by atoms with Crippen molar-refractivity contribution >= 4 is 34.8 Å². The van der Waals surface area contributed by atoms with E-state index in [1.807, 2.05) is 36.4 Å². The van der Waals surface area contributed by atoms with Crippen LogP contribution in [0.25, 0.3) is 10.4 Å². The summed E-state index contributed by atoms with van der Waals surface area (Å²) in [5, 5.41) is 6.58. The van der Waals surface area contributed by atoms with Crippen molar-refractivity contribution in [2.24, 2.45) is 0 Å². The summed E-state index contributed by atoms with van der Waals surface area (Å²) in [6, 6.07) is 11.6. The molecule has 1 aliphatic carbocycles. The van der Waals surface area contributed by atoms with Crippen LogP contribution < -0.4 is 10.6 Å². The molecular formula is C20H23ClN2O2S. The molecule has 26 heavy (non-hydrogen) atoms. The van der Waals surface area contributed by atoms with Gasteiger partial charge in [-0.1, -0.05) is 43.0 Å². The van der Waals surface area contributed by atoms with E-state index in [0.717, 1.165) is 23.3 Å². The Morgan fingerprint density at radius 1 is 1.04 bits per heavy atom. The van der Waals surface area contributed by atoms with Crippen molar-refractivity contribution in [2.75, 3.05) is 6.54 Å². The molecule has 0 radical (unpaired) electrons. The molecule has 6 heteroatoms. The van der Waals surface area contributed by atoms with Crippen LogP contribution in [-0.4, -0.2) is 24.4 Å². The fourth-order valence-corrected chi connectivity index (χ4v) is 4.21. The van der Waals surface area contributed by atoms with Crippen LogP contribution in [0.3, 0.4) is 0 Å². The highest BCUT2D eigenvalue weighted by Gasteiger charge is 2.16. The van der Waals surface area contributed by atoms with Gasteiger partial charge >= 0.3 is 0 Å².